The third kappa shape index (κ3) is 5.21. The summed E-state index contributed by atoms with van der Waals surface area (Å²) in [4.78, 5) is 0. The van der Waals surface area contributed by atoms with Crippen LogP contribution in [0, 0.1) is 0 Å². The first kappa shape index (κ1) is 18.3. The van der Waals surface area contributed by atoms with Crippen LogP contribution in [0.1, 0.15) is 25.2 Å². The number of halogens is 1. The monoisotopic (exact) mass is 355 g/mol. The van der Waals surface area contributed by atoms with Gasteiger partial charge in [0.15, 0.2) is 11.4 Å². The van der Waals surface area contributed by atoms with Crippen molar-refractivity contribution < 1.29 is 9.47 Å². The van der Waals surface area contributed by atoms with Gasteiger partial charge in [-0.3, -0.25) is 0 Å². The van der Waals surface area contributed by atoms with E-state index in [0.29, 0.717) is 26.2 Å². The van der Waals surface area contributed by atoms with E-state index in [2.05, 4.69) is 14.8 Å². The SMILES string of the molecule is CCOC(Cn1c(Cc2ccc(Cl)cc2)nnc1SC)OCC. The zero-order chi connectivity index (χ0) is 16.7. The third-order valence-corrected chi connectivity index (χ3v) is 4.21. The average Bonchev–Trinajstić information content (AvgIpc) is 2.92. The molecule has 2 rings (SSSR count). The Balaban J connectivity index is 2.19. The molecule has 1 aromatic heterocycles. The molecule has 126 valence electrons. The fourth-order valence-corrected chi connectivity index (χ4v) is 2.89. The topological polar surface area (TPSA) is 49.2 Å². The van der Waals surface area contributed by atoms with Crippen molar-refractivity contribution in [3.8, 4) is 0 Å². The molecule has 7 heteroatoms. The van der Waals surface area contributed by atoms with E-state index in [1.165, 1.54) is 0 Å². The zero-order valence-electron chi connectivity index (χ0n) is 13.7. The van der Waals surface area contributed by atoms with Gasteiger partial charge in [0, 0.05) is 24.7 Å². The van der Waals surface area contributed by atoms with Gasteiger partial charge in [0.05, 0.1) is 6.54 Å². The van der Waals surface area contributed by atoms with Gasteiger partial charge >= 0.3 is 0 Å². The highest BCUT2D eigenvalue weighted by atomic mass is 35.5. The average molecular weight is 356 g/mol. The van der Waals surface area contributed by atoms with Crippen LogP contribution in [0.25, 0.3) is 0 Å². The molecule has 0 saturated carbocycles. The van der Waals surface area contributed by atoms with Crippen LogP contribution in [-0.2, 0) is 22.4 Å². The molecule has 1 heterocycles. The van der Waals surface area contributed by atoms with E-state index < -0.39 is 0 Å². The first-order valence-electron chi connectivity index (χ1n) is 7.61. The minimum absolute atomic E-state index is 0.295. The van der Waals surface area contributed by atoms with Crippen LogP contribution in [0.5, 0.6) is 0 Å². The summed E-state index contributed by atoms with van der Waals surface area (Å²) in [5.41, 5.74) is 1.14. The van der Waals surface area contributed by atoms with Gasteiger partial charge < -0.3 is 14.0 Å². The van der Waals surface area contributed by atoms with Crippen molar-refractivity contribution in [1.29, 1.82) is 0 Å². The minimum atomic E-state index is -0.295. The summed E-state index contributed by atoms with van der Waals surface area (Å²) in [6, 6.07) is 7.78. The molecule has 0 unspecified atom stereocenters. The number of rotatable bonds is 9. The molecular formula is C16H22ClN3O2S. The Labute approximate surface area is 146 Å². The fourth-order valence-electron chi connectivity index (χ4n) is 2.24. The number of thioether (sulfide) groups is 1. The lowest BCUT2D eigenvalue weighted by atomic mass is 10.1. The number of hydrogen-bond donors (Lipinski definition) is 0. The van der Waals surface area contributed by atoms with Crippen molar-refractivity contribution in [2.24, 2.45) is 0 Å². The van der Waals surface area contributed by atoms with Crippen molar-refractivity contribution in [2.45, 2.75) is 38.3 Å². The molecule has 0 fully saturated rings. The van der Waals surface area contributed by atoms with Gasteiger partial charge in [-0.05, 0) is 37.8 Å². The molecular weight excluding hydrogens is 334 g/mol. The Morgan fingerprint density at radius 1 is 1.13 bits per heavy atom. The van der Waals surface area contributed by atoms with Crippen LogP contribution in [0.3, 0.4) is 0 Å². The number of benzene rings is 1. The number of hydrogen-bond acceptors (Lipinski definition) is 5. The molecule has 0 radical (unpaired) electrons. The summed E-state index contributed by atoms with van der Waals surface area (Å²) in [6.45, 7) is 5.71. The number of nitrogens with zero attached hydrogens (tertiary/aromatic N) is 3. The standard InChI is InChI=1S/C16H22ClN3O2S/c1-4-21-15(22-5-2)11-20-14(18-19-16(20)23-3)10-12-6-8-13(17)9-7-12/h6-9,15H,4-5,10-11H2,1-3H3. The van der Waals surface area contributed by atoms with Gasteiger partial charge in [-0.15, -0.1) is 10.2 Å². The van der Waals surface area contributed by atoms with Gasteiger partial charge in [-0.25, -0.2) is 0 Å². The molecule has 0 spiro atoms. The lowest BCUT2D eigenvalue weighted by Crippen LogP contribution is -2.25. The summed E-state index contributed by atoms with van der Waals surface area (Å²) in [5.74, 6) is 0.890. The Morgan fingerprint density at radius 2 is 1.78 bits per heavy atom. The second-order valence-corrected chi connectivity index (χ2v) is 6.07. The molecule has 0 aliphatic rings. The van der Waals surface area contributed by atoms with Crippen molar-refractivity contribution in [3.63, 3.8) is 0 Å². The second-order valence-electron chi connectivity index (χ2n) is 4.86. The summed E-state index contributed by atoms with van der Waals surface area (Å²) >= 11 is 7.51. The van der Waals surface area contributed by atoms with Crippen LogP contribution in [0.2, 0.25) is 5.02 Å². The van der Waals surface area contributed by atoms with Crippen LogP contribution < -0.4 is 0 Å². The van der Waals surface area contributed by atoms with E-state index >= 15 is 0 Å². The normalized spacial score (nSPS) is 11.3. The largest absolute Gasteiger partial charge is 0.351 e. The van der Waals surface area contributed by atoms with E-state index in [1.807, 2.05) is 44.4 Å². The fraction of sp³-hybridized carbons (Fsp3) is 0.500. The molecule has 0 saturated heterocycles. The third-order valence-electron chi connectivity index (χ3n) is 3.29. The Morgan fingerprint density at radius 3 is 2.35 bits per heavy atom. The molecule has 2 aromatic rings. The summed E-state index contributed by atoms with van der Waals surface area (Å²) in [5, 5.41) is 10.2. The van der Waals surface area contributed by atoms with Gasteiger partial charge in [0.2, 0.25) is 0 Å². The molecule has 0 atom stereocenters. The Bertz CT molecular complexity index is 598. The maximum Gasteiger partial charge on any atom is 0.191 e. The summed E-state index contributed by atoms with van der Waals surface area (Å²) < 4.78 is 13.4. The Hall–Kier alpha value is -1.08. The van der Waals surface area contributed by atoms with Crippen LogP contribution in [0.4, 0.5) is 0 Å². The maximum absolute atomic E-state index is 5.94. The highest BCUT2D eigenvalue weighted by Crippen LogP contribution is 2.19. The van der Waals surface area contributed by atoms with Crippen LogP contribution in [0.15, 0.2) is 29.4 Å². The van der Waals surface area contributed by atoms with Crippen LogP contribution in [-0.4, -0.2) is 40.5 Å². The van der Waals surface area contributed by atoms with Crippen LogP contribution >= 0.6 is 23.4 Å². The van der Waals surface area contributed by atoms with E-state index in [4.69, 9.17) is 21.1 Å². The van der Waals surface area contributed by atoms with Crippen molar-refractivity contribution in [3.05, 3.63) is 40.7 Å². The van der Waals surface area contributed by atoms with E-state index in [-0.39, 0.29) is 6.29 Å². The smallest absolute Gasteiger partial charge is 0.191 e. The van der Waals surface area contributed by atoms with Crippen molar-refractivity contribution >= 4 is 23.4 Å². The molecule has 1 aromatic carbocycles. The summed E-state index contributed by atoms with van der Waals surface area (Å²) in [6.07, 6.45) is 2.38. The van der Waals surface area contributed by atoms with Gasteiger partial charge in [0.25, 0.3) is 0 Å². The lowest BCUT2D eigenvalue weighted by Gasteiger charge is -2.19. The lowest BCUT2D eigenvalue weighted by molar-refractivity contribution is -0.144. The predicted molar refractivity (Wildman–Crippen MR) is 93.1 cm³/mol. The van der Waals surface area contributed by atoms with Crippen molar-refractivity contribution in [1.82, 2.24) is 14.8 Å². The van der Waals surface area contributed by atoms with Gasteiger partial charge in [-0.1, -0.05) is 35.5 Å². The molecule has 23 heavy (non-hydrogen) atoms. The van der Waals surface area contributed by atoms with E-state index in [0.717, 1.165) is 21.6 Å². The van der Waals surface area contributed by atoms with E-state index in [9.17, 15) is 0 Å². The Kier molecular flexibility index (Phi) is 7.36. The molecule has 5 nitrogen and oxygen atoms in total. The highest BCUT2D eigenvalue weighted by molar-refractivity contribution is 7.98. The molecule has 0 bridgehead atoms. The molecule has 0 aliphatic carbocycles. The zero-order valence-corrected chi connectivity index (χ0v) is 15.2. The quantitative estimate of drug-likeness (QED) is 0.507. The summed E-state index contributed by atoms with van der Waals surface area (Å²) in [7, 11) is 0. The number of ether oxygens (including phenoxy) is 2. The predicted octanol–water partition coefficient (Wildman–Crippen LogP) is 3.64. The molecule has 0 aliphatic heterocycles. The second kappa shape index (κ2) is 9.27. The molecule has 0 N–H and O–H groups in total. The maximum atomic E-state index is 5.94. The minimum Gasteiger partial charge on any atom is -0.351 e. The molecule has 0 amide bonds. The first-order valence-corrected chi connectivity index (χ1v) is 9.21. The highest BCUT2D eigenvalue weighted by Gasteiger charge is 2.17. The number of aromatic nitrogens is 3. The van der Waals surface area contributed by atoms with Gasteiger partial charge in [-0.2, -0.15) is 0 Å². The van der Waals surface area contributed by atoms with Crippen molar-refractivity contribution in [2.75, 3.05) is 19.5 Å². The first-order chi connectivity index (χ1) is 11.2. The van der Waals surface area contributed by atoms with E-state index in [1.54, 1.807) is 11.8 Å². The van der Waals surface area contributed by atoms with Gasteiger partial charge in [0.1, 0.15) is 5.82 Å².